The topological polar surface area (TPSA) is 57.7 Å². The van der Waals surface area contributed by atoms with Crippen molar-refractivity contribution in [3.05, 3.63) is 29.8 Å². The van der Waals surface area contributed by atoms with Crippen LogP contribution in [0.15, 0.2) is 29.2 Å². The number of alkyl halides is 3. The van der Waals surface area contributed by atoms with Crippen molar-refractivity contribution in [2.24, 2.45) is 5.92 Å². The summed E-state index contributed by atoms with van der Waals surface area (Å²) in [4.78, 5) is 14.4. The van der Waals surface area contributed by atoms with Crippen molar-refractivity contribution < 1.29 is 26.4 Å². The maximum Gasteiger partial charge on any atom is 0.416 e. The van der Waals surface area contributed by atoms with Crippen molar-refractivity contribution >= 4 is 15.9 Å². The van der Waals surface area contributed by atoms with E-state index < -0.39 is 21.8 Å². The third-order valence-corrected chi connectivity index (χ3v) is 7.66. The lowest BCUT2D eigenvalue weighted by atomic mass is 9.95. The minimum Gasteiger partial charge on any atom is -0.342 e. The fourth-order valence-electron chi connectivity index (χ4n) is 4.05. The highest BCUT2D eigenvalue weighted by Crippen LogP contribution is 2.32. The molecule has 5 nitrogen and oxygen atoms in total. The molecule has 1 amide bonds. The molecule has 0 atom stereocenters. The minimum absolute atomic E-state index is 0.0861. The molecule has 2 heterocycles. The van der Waals surface area contributed by atoms with Gasteiger partial charge in [-0.1, -0.05) is 25.3 Å². The fourth-order valence-corrected chi connectivity index (χ4v) is 5.57. The molecule has 162 valence electrons. The van der Waals surface area contributed by atoms with Gasteiger partial charge in [-0.15, -0.1) is 0 Å². The largest absolute Gasteiger partial charge is 0.416 e. The Morgan fingerprint density at radius 3 is 2.10 bits per heavy atom. The van der Waals surface area contributed by atoms with E-state index in [1.165, 1.54) is 16.8 Å². The summed E-state index contributed by atoms with van der Waals surface area (Å²) in [5, 5.41) is 0. The van der Waals surface area contributed by atoms with E-state index in [2.05, 4.69) is 0 Å². The summed E-state index contributed by atoms with van der Waals surface area (Å²) >= 11 is 0. The second kappa shape index (κ2) is 9.04. The number of hydrogen-bond donors (Lipinski definition) is 0. The molecule has 0 bridgehead atoms. The van der Waals surface area contributed by atoms with Crippen LogP contribution in [0.25, 0.3) is 0 Å². The molecule has 9 heteroatoms. The molecule has 2 aliphatic heterocycles. The number of likely N-dealkylation sites (tertiary alicyclic amines) is 1. The Labute approximate surface area is 169 Å². The predicted molar refractivity (Wildman–Crippen MR) is 103 cm³/mol. The van der Waals surface area contributed by atoms with Crippen LogP contribution in [-0.4, -0.2) is 49.7 Å². The predicted octanol–water partition coefficient (Wildman–Crippen LogP) is 3.90. The van der Waals surface area contributed by atoms with E-state index in [1.54, 1.807) is 0 Å². The van der Waals surface area contributed by atoms with E-state index in [4.69, 9.17) is 0 Å². The summed E-state index contributed by atoms with van der Waals surface area (Å²) in [5.74, 6) is -0.134. The molecule has 0 radical (unpaired) electrons. The lowest BCUT2D eigenvalue weighted by Gasteiger charge is -2.34. The second-order valence-electron chi connectivity index (χ2n) is 7.80. The first-order valence-electron chi connectivity index (χ1n) is 10.2. The molecular formula is C20H27F3N2O3S. The molecule has 2 aliphatic rings. The molecule has 0 aromatic heterocycles. The Hall–Kier alpha value is -1.61. The average Bonchev–Trinajstić information content (AvgIpc) is 2.67. The molecule has 0 spiro atoms. The van der Waals surface area contributed by atoms with E-state index in [-0.39, 0.29) is 29.8 Å². The van der Waals surface area contributed by atoms with Crippen LogP contribution in [0.1, 0.15) is 50.5 Å². The molecule has 1 aromatic carbocycles. The smallest absolute Gasteiger partial charge is 0.342 e. The van der Waals surface area contributed by atoms with Crippen LogP contribution in [0.4, 0.5) is 13.2 Å². The summed E-state index contributed by atoms with van der Waals surface area (Å²) < 4.78 is 65.5. The number of benzene rings is 1. The number of rotatable bonds is 3. The zero-order valence-electron chi connectivity index (χ0n) is 16.3. The van der Waals surface area contributed by atoms with Crippen molar-refractivity contribution in [3.63, 3.8) is 0 Å². The Morgan fingerprint density at radius 1 is 0.931 bits per heavy atom. The number of carbonyl (C=O) groups is 1. The van der Waals surface area contributed by atoms with E-state index in [0.717, 1.165) is 50.9 Å². The van der Waals surface area contributed by atoms with Crippen molar-refractivity contribution in [2.75, 3.05) is 26.2 Å². The standard InChI is InChI=1S/C20H27F3N2O3S/c21-20(22,23)17-7-6-8-18(15-17)29(27,28)25-13-9-16(10-14-25)19(26)24-11-4-2-1-3-5-12-24/h6-8,15-16H,1-5,9-14H2. The molecule has 2 saturated heterocycles. The van der Waals surface area contributed by atoms with E-state index in [0.29, 0.717) is 18.9 Å². The normalized spacial score (nSPS) is 20.9. The van der Waals surface area contributed by atoms with Crippen molar-refractivity contribution in [1.82, 2.24) is 9.21 Å². The third kappa shape index (κ3) is 5.31. The molecule has 0 N–H and O–H groups in total. The number of piperidine rings is 1. The molecule has 3 rings (SSSR count). The van der Waals surface area contributed by atoms with Gasteiger partial charge in [-0.2, -0.15) is 17.5 Å². The molecule has 1 aromatic rings. The lowest BCUT2D eigenvalue weighted by Crippen LogP contribution is -2.45. The first kappa shape index (κ1) is 22.1. The summed E-state index contributed by atoms with van der Waals surface area (Å²) in [7, 11) is -4.02. The summed E-state index contributed by atoms with van der Waals surface area (Å²) in [6.07, 6.45) is 1.63. The summed E-state index contributed by atoms with van der Waals surface area (Å²) in [6, 6.07) is 3.82. The number of nitrogens with zero attached hydrogens (tertiary/aromatic N) is 2. The number of sulfonamides is 1. The zero-order chi connectivity index (χ0) is 21.1. The van der Waals surface area contributed by atoms with E-state index in [9.17, 15) is 26.4 Å². The quantitative estimate of drug-likeness (QED) is 0.728. The number of halogens is 3. The first-order chi connectivity index (χ1) is 13.7. The number of hydrogen-bond acceptors (Lipinski definition) is 3. The highest BCUT2D eigenvalue weighted by atomic mass is 32.2. The molecule has 29 heavy (non-hydrogen) atoms. The monoisotopic (exact) mass is 432 g/mol. The van der Waals surface area contributed by atoms with Crippen LogP contribution >= 0.6 is 0 Å². The third-order valence-electron chi connectivity index (χ3n) is 5.77. The van der Waals surface area contributed by atoms with Crippen molar-refractivity contribution in [1.29, 1.82) is 0 Å². The molecule has 0 aliphatic carbocycles. The van der Waals surface area contributed by atoms with Gasteiger partial charge < -0.3 is 4.90 Å². The van der Waals surface area contributed by atoms with Gasteiger partial charge in [-0.3, -0.25) is 4.79 Å². The van der Waals surface area contributed by atoms with Crippen LogP contribution in [0, 0.1) is 5.92 Å². The van der Waals surface area contributed by atoms with Gasteiger partial charge in [0.05, 0.1) is 10.5 Å². The van der Waals surface area contributed by atoms with Gasteiger partial charge >= 0.3 is 6.18 Å². The Kier molecular flexibility index (Phi) is 6.88. The maximum atomic E-state index is 12.9. The van der Waals surface area contributed by atoms with Crippen LogP contribution in [-0.2, 0) is 21.0 Å². The van der Waals surface area contributed by atoms with Crippen LogP contribution in [0.3, 0.4) is 0 Å². The summed E-state index contributed by atoms with van der Waals surface area (Å²) in [5.41, 5.74) is -0.985. The van der Waals surface area contributed by atoms with Gasteiger partial charge in [0, 0.05) is 32.1 Å². The van der Waals surface area contributed by atoms with Gasteiger partial charge in [-0.25, -0.2) is 8.42 Å². The molecule has 0 unspecified atom stereocenters. The van der Waals surface area contributed by atoms with E-state index >= 15 is 0 Å². The summed E-state index contributed by atoms with van der Waals surface area (Å²) in [6.45, 7) is 1.79. The molecular weight excluding hydrogens is 405 g/mol. The molecule has 0 saturated carbocycles. The van der Waals surface area contributed by atoms with Crippen molar-refractivity contribution in [3.8, 4) is 0 Å². The van der Waals surface area contributed by atoms with Crippen molar-refractivity contribution in [2.45, 2.75) is 56.0 Å². The fraction of sp³-hybridized carbons (Fsp3) is 0.650. The number of carbonyl (C=O) groups excluding carboxylic acids is 1. The van der Waals surface area contributed by atoms with Gasteiger partial charge in [-0.05, 0) is 43.9 Å². The van der Waals surface area contributed by atoms with Gasteiger partial charge in [0.25, 0.3) is 0 Å². The van der Waals surface area contributed by atoms with Gasteiger partial charge in [0.2, 0.25) is 15.9 Å². The average molecular weight is 433 g/mol. The second-order valence-corrected chi connectivity index (χ2v) is 9.73. The maximum absolute atomic E-state index is 12.9. The van der Waals surface area contributed by atoms with E-state index in [1.807, 2.05) is 4.90 Å². The van der Waals surface area contributed by atoms with Gasteiger partial charge in [0.15, 0.2) is 0 Å². The number of amides is 1. The van der Waals surface area contributed by atoms with Crippen LogP contribution in [0.2, 0.25) is 0 Å². The lowest BCUT2D eigenvalue weighted by molar-refractivity contribution is -0.138. The SMILES string of the molecule is O=C(C1CCN(S(=O)(=O)c2cccc(C(F)(F)F)c2)CC1)N1CCCCCCC1. The molecule has 2 fully saturated rings. The highest BCUT2D eigenvalue weighted by molar-refractivity contribution is 7.89. The Balaban J connectivity index is 1.64. The zero-order valence-corrected chi connectivity index (χ0v) is 17.1. The van der Waals surface area contributed by atoms with Crippen LogP contribution in [0.5, 0.6) is 0 Å². The van der Waals surface area contributed by atoms with Crippen LogP contribution < -0.4 is 0 Å². The minimum atomic E-state index is -4.60. The highest BCUT2D eigenvalue weighted by Gasteiger charge is 2.36. The first-order valence-corrected chi connectivity index (χ1v) is 11.6. The Bertz CT molecular complexity index is 811. The van der Waals surface area contributed by atoms with Gasteiger partial charge in [0.1, 0.15) is 0 Å². The Morgan fingerprint density at radius 2 is 1.52 bits per heavy atom.